The highest BCUT2D eigenvalue weighted by molar-refractivity contribution is 9.10. The van der Waals surface area contributed by atoms with Crippen molar-refractivity contribution in [1.82, 2.24) is 10.2 Å². The van der Waals surface area contributed by atoms with Crippen LogP contribution in [0.3, 0.4) is 0 Å². The average Bonchev–Trinajstić information content (AvgIpc) is 3.11. The number of carbonyl (C=O) groups excluding carboxylic acids is 3. The number of amides is 4. The van der Waals surface area contributed by atoms with Crippen molar-refractivity contribution in [2.24, 2.45) is 0 Å². The van der Waals surface area contributed by atoms with Gasteiger partial charge in [0.25, 0.3) is 5.91 Å². The number of rotatable bonds is 9. The first-order chi connectivity index (χ1) is 18.2. The lowest BCUT2D eigenvalue weighted by Crippen LogP contribution is -2.38. The second-order valence-corrected chi connectivity index (χ2v) is 9.69. The van der Waals surface area contributed by atoms with Gasteiger partial charge in [0.15, 0.2) is 11.5 Å². The predicted octanol–water partition coefficient (Wildman–Crippen LogP) is 5.58. The molecule has 38 heavy (non-hydrogen) atoms. The molecule has 2 N–H and O–H groups in total. The molecule has 9 heteroatoms. The molecule has 4 amide bonds. The Morgan fingerprint density at radius 1 is 1.03 bits per heavy atom. The summed E-state index contributed by atoms with van der Waals surface area (Å²) in [5.41, 5.74) is 4.40. The number of aryl methyl sites for hydroxylation is 2. The molecule has 1 heterocycles. The van der Waals surface area contributed by atoms with Gasteiger partial charge in [-0.1, -0.05) is 42.0 Å². The van der Waals surface area contributed by atoms with Crippen molar-refractivity contribution in [2.45, 2.75) is 27.4 Å². The van der Waals surface area contributed by atoms with E-state index in [2.05, 4.69) is 26.6 Å². The monoisotopic (exact) mass is 577 g/mol. The van der Waals surface area contributed by atoms with Crippen LogP contribution in [-0.2, 0) is 16.2 Å². The number of carbonyl (C=O) groups is 3. The van der Waals surface area contributed by atoms with E-state index in [4.69, 9.17) is 9.47 Å². The highest BCUT2D eigenvalue weighted by Gasteiger charge is 2.35. The van der Waals surface area contributed by atoms with Crippen molar-refractivity contribution in [2.75, 3.05) is 18.5 Å². The van der Waals surface area contributed by atoms with Gasteiger partial charge < -0.3 is 20.1 Å². The quantitative estimate of drug-likeness (QED) is 0.256. The van der Waals surface area contributed by atoms with Gasteiger partial charge in [0.05, 0.1) is 11.1 Å². The Labute approximate surface area is 229 Å². The minimum atomic E-state index is -0.664. The van der Waals surface area contributed by atoms with Crippen LogP contribution in [-0.4, -0.2) is 35.9 Å². The first-order valence-corrected chi connectivity index (χ1v) is 12.9. The molecule has 1 aliphatic heterocycles. The fourth-order valence-corrected chi connectivity index (χ4v) is 4.55. The molecular weight excluding hydrogens is 550 g/mol. The summed E-state index contributed by atoms with van der Waals surface area (Å²) >= 11 is 3.54. The first kappa shape index (κ1) is 26.9. The molecule has 0 atom stereocenters. The van der Waals surface area contributed by atoms with Crippen LogP contribution in [0.4, 0.5) is 10.5 Å². The van der Waals surface area contributed by atoms with Crippen molar-refractivity contribution in [3.05, 3.63) is 93.1 Å². The number of anilines is 1. The number of urea groups is 1. The summed E-state index contributed by atoms with van der Waals surface area (Å²) in [6.45, 7) is 6.15. The zero-order valence-electron chi connectivity index (χ0n) is 21.3. The smallest absolute Gasteiger partial charge is 0.329 e. The SMILES string of the molecule is CCOc1cc(/C=C2/NC(=O)N(CC(=O)Nc3cccc(C)c3)C2=O)cc(Br)c1OCc1cccc(C)c1. The van der Waals surface area contributed by atoms with Crippen LogP contribution in [0, 0.1) is 13.8 Å². The van der Waals surface area contributed by atoms with Crippen LogP contribution in [0.1, 0.15) is 29.2 Å². The Bertz CT molecular complexity index is 1420. The third-order valence-electron chi connectivity index (χ3n) is 5.67. The van der Waals surface area contributed by atoms with Crippen molar-refractivity contribution in [3.63, 3.8) is 0 Å². The molecular formula is C29H28BrN3O5. The molecule has 3 aromatic rings. The number of imide groups is 1. The molecule has 0 aliphatic carbocycles. The van der Waals surface area contributed by atoms with E-state index in [0.29, 0.717) is 40.4 Å². The summed E-state index contributed by atoms with van der Waals surface area (Å²) in [5, 5.41) is 5.26. The molecule has 1 aliphatic rings. The molecule has 196 valence electrons. The number of nitrogens with zero attached hydrogens (tertiary/aromatic N) is 1. The zero-order valence-corrected chi connectivity index (χ0v) is 22.9. The molecule has 0 radical (unpaired) electrons. The highest BCUT2D eigenvalue weighted by atomic mass is 79.9. The van der Waals surface area contributed by atoms with E-state index >= 15 is 0 Å². The second kappa shape index (κ2) is 12.0. The van der Waals surface area contributed by atoms with Crippen LogP contribution < -0.4 is 20.1 Å². The lowest BCUT2D eigenvalue weighted by Gasteiger charge is -2.15. The van der Waals surface area contributed by atoms with Crippen LogP contribution in [0.15, 0.2) is 70.8 Å². The van der Waals surface area contributed by atoms with Crippen molar-refractivity contribution < 1.29 is 23.9 Å². The maximum atomic E-state index is 12.9. The Hall–Kier alpha value is -4.11. The highest BCUT2D eigenvalue weighted by Crippen LogP contribution is 2.38. The minimum Gasteiger partial charge on any atom is -0.490 e. The van der Waals surface area contributed by atoms with Crippen molar-refractivity contribution in [3.8, 4) is 11.5 Å². The minimum absolute atomic E-state index is 0.0566. The Balaban J connectivity index is 1.49. The zero-order chi connectivity index (χ0) is 27.2. The summed E-state index contributed by atoms with van der Waals surface area (Å²) in [6, 6.07) is 18.1. The lowest BCUT2D eigenvalue weighted by molar-refractivity contribution is -0.127. The summed E-state index contributed by atoms with van der Waals surface area (Å²) in [5.74, 6) is -0.0423. The number of hydrogen-bond acceptors (Lipinski definition) is 5. The molecule has 0 unspecified atom stereocenters. The Morgan fingerprint density at radius 2 is 1.76 bits per heavy atom. The summed E-state index contributed by atoms with van der Waals surface area (Å²) in [7, 11) is 0. The lowest BCUT2D eigenvalue weighted by atomic mass is 10.1. The Kier molecular flexibility index (Phi) is 8.48. The summed E-state index contributed by atoms with van der Waals surface area (Å²) in [4.78, 5) is 38.8. The first-order valence-electron chi connectivity index (χ1n) is 12.1. The van der Waals surface area contributed by atoms with E-state index in [1.165, 1.54) is 6.08 Å². The molecule has 0 spiro atoms. The van der Waals surface area contributed by atoms with Gasteiger partial charge in [-0.3, -0.25) is 9.59 Å². The number of hydrogen-bond donors (Lipinski definition) is 2. The van der Waals surface area contributed by atoms with E-state index in [9.17, 15) is 14.4 Å². The Morgan fingerprint density at radius 3 is 2.47 bits per heavy atom. The molecule has 3 aromatic carbocycles. The number of halogens is 1. The average molecular weight is 578 g/mol. The topological polar surface area (TPSA) is 97.0 Å². The fourth-order valence-electron chi connectivity index (χ4n) is 3.98. The van der Waals surface area contributed by atoms with Crippen LogP contribution >= 0.6 is 15.9 Å². The van der Waals surface area contributed by atoms with Gasteiger partial charge >= 0.3 is 6.03 Å². The van der Waals surface area contributed by atoms with E-state index in [-0.39, 0.29) is 5.70 Å². The maximum absolute atomic E-state index is 12.9. The second-order valence-electron chi connectivity index (χ2n) is 8.84. The third-order valence-corrected chi connectivity index (χ3v) is 6.26. The van der Waals surface area contributed by atoms with E-state index in [0.717, 1.165) is 21.6 Å². The number of benzene rings is 3. The van der Waals surface area contributed by atoms with Gasteiger partial charge in [-0.2, -0.15) is 0 Å². The molecule has 8 nitrogen and oxygen atoms in total. The van der Waals surface area contributed by atoms with Gasteiger partial charge in [-0.25, -0.2) is 9.69 Å². The fraction of sp³-hybridized carbons (Fsp3) is 0.207. The van der Waals surface area contributed by atoms with E-state index in [1.807, 2.05) is 57.2 Å². The largest absolute Gasteiger partial charge is 0.490 e. The predicted molar refractivity (Wildman–Crippen MR) is 149 cm³/mol. The summed E-state index contributed by atoms with van der Waals surface area (Å²) in [6.07, 6.45) is 1.54. The number of ether oxygens (including phenoxy) is 2. The maximum Gasteiger partial charge on any atom is 0.329 e. The van der Waals surface area contributed by atoms with Gasteiger partial charge in [0.1, 0.15) is 18.8 Å². The number of nitrogens with one attached hydrogen (secondary N) is 2. The van der Waals surface area contributed by atoms with Gasteiger partial charge in [-0.05, 0) is 83.7 Å². The molecule has 0 aromatic heterocycles. The third kappa shape index (κ3) is 6.60. The van der Waals surface area contributed by atoms with Crippen molar-refractivity contribution in [1.29, 1.82) is 0 Å². The molecule has 1 fully saturated rings. The van der Waals surface area contributed by atoms with E-state index < -0.39 is 24.4 Å². The van der Waals surface area contributed by atoms with Crippen molar-refractivity contribution >= 4 is 45.5 Å². The van der Waals surface area contributed by atoms with E-state index in [1.54, 1.807) is 24.3 Å². The molecule has 1 saturated heterocycles. The van der Waals surface area contributed by atoms with Crippen LogP contribution in [0.25, 0.3) is 6.08 Å². The van der Waals surface area contributed by atoms with Gasteiger partial charge in [0, 0.05) is 5.69 Å². The van der Waals surface area contributed by atoms with Crippen LogP contribution in [0.2, 0.25) is 0 Å². The van der Waals surface area contributed by atoms with Gasteiger partial charge in [0.2, 0.25) is 5.91 Å². The molecule has 4 rings (SSSR count). The van der Waals surface area contributed by atoms with Gasteiger partial charge in [-0.15, -0.1) is 0 Å². The summed E-state index contributed by atoms with van der Waals surface area (Å²) < 4.78 is 12.5. The molecule has 0 bridgehead atoms. The standard InChI is InChI=1S/C29H28BrN3O5/c1-4-37-25-15-21(13-23(30)27(25)38-17-20-9-5-7-18(2)11-20)14-24-28(35)33(29(36)32-24)16-26(34)31-22-10-6-8-19(3)12-22/h5-15H,4,16-17H2,1-3H3,(H,31,34)(H,32,36)/b24-14+. The molecule has 0 saturated carbocycles. The normalized spacial score (nSPS) is 14.0. The van der Waals surface area contributed by atoms with Crippen LogP contribution in [0.5, 0.6) is 11.5 Å².